The zero-order valence-electron chi connectivity index (χ0n) is 28.8. The van der Waals surface area contributed by atoms with E-state index in [2.05, 4.69) is 115 Å². The Morgan fingerprint density at radius 2 is 1.30 bits per heavy atom. The summed E-state index contributed by atoms with van der Waals surface area (Å²) in [6.45, 7) is 20.7. The summed E-state index contributed by atoms with van der Waals surface area (Å²) in [4.78, 5) is 13.6. The van der Waals surface area contributed by atoms with Gasteiger partial charge in [-0.25, -0.2) is 9.98 Å². The molecule has 0 bridgehead atoms. The maximum atomic E-state index is 5.77. The van der Waals surface area contributed by atoms with Crippen LogP contribution in [0.25, 0.3) is 0 Å². The first-order chi connectivity index (χ1) is 20.5. The molecule has 4 rings (SSSR count). The van der Waals surface area contributed by atoms with Crippen LogP contribution in [0, 0.1) is 13.8 Å². The highest BCUT2D eigenvalue weighted by Crippen LogP contribution is 2.43. The lowest BCUT2D eigenvalue weighted by Gasteiger charge is -2.42. The molecule has 0 heterocycles. The predicted molar refractivity (Wildman–Crippen MR) is 191 cm³/mol. The second kappa shape index (κ2) is 15.0. The summed E-state index contributed by atoms with van der Waals surface area (Å²) in [7, 11) is 0. The topological polar surface area (TPSA) is 40.0 Å². The normalized spacial score (nSPS) is 17.9. The van der Waals surface area contributed by atoms with Crippen molar-refractivity contribution in [3.63, 3.8) is 0 Å². The molecule has 5 heteroatoms. The summed E-state index contributed by atoms with van der Waals surface area (Å²) >= 11 is 0. The Kier molecular flexibility index (Phi) is 11.6. The standard InChI is InChI=1S/C38H59BN4/c1-27(2)40-37(41-34-25-23-31(24-26-34)38(7,8)9)43(28(3)4)36(42-35-29(5)17-16-18-30(35)6)39(32-19-12-10-13-20-32)33-21-14-11-15-22-33/h16-18,23-28,32-33H,10-15,19-22H2,1-9H3,(H,40,41). The Morgan fingerprint density at radius 1 is 0.791 bits per heavy atom. The zero-order chi connectivity index (χ0) is 31.1. The number of hydrogen-bond donors (Lipinski definition) is 1. The molecule has 2 aliphatic carbocycles. The van der Waals surface area contributed by atoms with E-state index in [0.29, 0.717) is 18.3 Å². The fraction of sp³-hybridized carbons (Fsp3) is 0.632. The molecule has 4 nitrogen and oxygen atoms in total. The second-order valence-electron chi connectivity index (χ2n) is 15.0. The van der Waals surface area contributed by atoms with Gasteiger partial charge in [-0.3, -0.25) is 0 Å². The van der Waals surface area contributed by atoms with Crippen molar-refractivity contribution in [2.75, 3.05) is 5.32 Å². The largest absolute Gasteiger partial charge is 0.326 e. The lowest BCUT2D eigenvalue weighted by atomic mass is 9.29. The lowest BCUT2D eigenvalue weighted by molar-refractivity contribution is 0.457. The summed E-state index contributed by atoms with van der Waals surface area (Å²) in [5.74, 6) is 2.27. The maximum absolute atomic E-state index is 5.77. The maximum Gasteiger partial charge on any atom is 0.229 e. The molecule has 1 N–H and O–H groups in total. The fourth-order valence-electron chi connectivity index (χ4n) is 7.38. The number of amidine groups is 1. The molecule has 0 radical (unpaired) electrons. The molecule has 2 aromatic rings. The minimum Gasteiger partial charge on any atom is -0.326 e. The van der Waals surface area contributed by atoms with E-state index in [0.717, 1.165) is 17.3 Å². The van der Waals surface area contributed by atoms with Gasteiger partial charge in [-0.15, -0.1) is 0 Å². The quantitative estimate of drug-likeness (QED) is 0.200. The van der Waals surface area contributed by atoms with Crippen molar-refractivity contribution >= 4 is 29.8 Å². The van der Waals surface area contributed by atoms with Gasteiger partial charge in [-0.1, -0.05) is 127 Å². The minimum atomic E-state index is 0.121. The van der Waals surface area contributed by atoms with Crippen molar-refractivity contribution in [2.24, 2.45) is 9.98 Å². The zero-order valence-corrected chi connectivity index (χ0v) is 28.8. The average Bonchev–Trinajstić information content (AvgIpc) is 2.95. The Bertz CT molecular complexity index is 1190. The number of hydrogen-bond acceptors (Lipinski definition) is 2. The summed E-state index contributed by atoms with van der Waals surface area (Å²) in [6, 6.07) is 15.9. The van der Waals surface area contributed by atoms with E-state index in [9.17, 15) is 0 Å². The first-order valence-corrected chi connectivity index (χ1v) is 17.3. The van der Waals surface area contributed by atoms with Crippen molar-refractivity contribution in [3.05, 3.63) is 59.2 Å². The van der Waals surface area contributed by atoms with E-state index >= 15 is 0 Å². The van der Waals surface area contributed by atoms with Crippen LogP contribution in [0.2, 0.25) is 11.6 Å². The molecule has 2 fully saturated rings. The van der Waals surface area contributed by atoms with Gasteiger partial charge in [-0.2, -0.15) is 0 Å². The van der Waals surface area contributed by atoms with Gasteiger partial charge in [0.1, 0.15) is 0 Å². The van der Waals surface area contributed by atoms with E-state index in [1.807, 2.05) is 0 Å². The summed E-state index contributed by atoms with van der Waals surface area (Å²) < 4.78 is 0. The van der Waals surface area contributed by atoms with Crippen LogP contribution in [0.3, 0.4) is 0 Å². The van der Waals surface area contributed by atoms with Gasteiger partial charge in [0.05, 0.1) is 11.4 Å². The van der Waals surface area contributed by atoms with Crippen LogP contribution in [0.1, 0.15) is 129 Å². The van der Waals surface area contributed by atoms with Crippen LogP contribution in [-0.4, -0.2) is 35.4 Å². The molecule has 234 valence electrons. The van der Waals surface area contributed by atoms with E-state index in [4.69, 9.17) is 9.98 Å². The number of aryl methyl sites for hydroxylation is 2. The number of anilines is 1. The summed E-state index contributed by atoms with van der Waals surface area (Å²) in [6.07, 6.45) is 13.4. The Hall–Kier alpha value is -2.56. The van der Waals surface area contributed by atoms with Gasteiger partial charge in [0.15, 0.2) is 0 Å². The van der Waals surface area contributed by atoms with Gasteiger partial charge in [0, 0.05) is 17.8 Å². The van der Waals surface area contributed by atoms with Crippen molar-refractivity contribution in [3.8, 4) is 0 Å². The number of nitrogens with one attached hydrogen (secondary N) is 1. The molecular weight excluding hydrogens is 523 g/mol. The van der Waals surface area contributed by atoms with Crippen LogP contribution in [0.4, 0.5) is 11.4 Å². The van der Waals surface area contributed by atoms with Crippen LogP contribution in [0.15, 0.2) is 52.4 Å². The van der Waals surface area contributed by atoms with Crippen molar-refractivity contribution in [1.29, 1.82) is 0 Å². The number of guanidine groups is 1. The van der Waals surface area contributed by atoms with Gasteiger partial charge < -0.3 is 10.2 Å². The molecule has 43 heavy (non-hydrogen) atoms. The van der Waals surface area contributed by atoms with Crippen LogP contribution >= 0.6 is 0 Å². The number of aliphatic imine (C=N–C) groups is 2. The van der Waals surface area contributed by atoms with E-state index in [1.54, 1.807) is 0 Å². The Balaban J connectivity index is 1.89. The van der Waals surface area contributed by atoms with Crippen LogP contribution in [0.5, 0.6) is 0 Å². The molecule has 0 aliphatic heterocycles. The highest BCUT2D eigenvalue weighted by Gasteiger charge is 2.42. The molecule has 0 unspecified atom stereocenters. The van der Waals surface area contributed by atoms with Gasteiger partial charge in [0.2, 0.25) is 12.7 Å². The molecule has 0 atom stereocenters. The third-order valence-corrected chi connectivity index (χ3v) is 9.66. The van der Waals surface area contributed by atoms with E-state index in [-0.39, 0.29) is 17.5 Å². The Labute approximate surface area is 264 Å². The molecule has 0 saturated heterocycles. The third-order valence-electron chi connectivity index (χ3n) is 9.66. The van der Waals surface area contributed by atoms with Gasteiger partial charge in [-0.05, 0) is 75.8 Å². The third kappa shape index (κ3) is 8.76. The first-order valence-electron chi connectivity index (χ1n) is 17.3. The van der Waals surface area contributed by atoms with Crippen LogP contribution < -0.4 is 5.32 Å². The lowest BCUT2D eigenvalue weighted by Crippen LogP contribution is -2.54. The first kappa shape index (κ1) is 33.3. The Morgan fingerprint density at radius 3 is 1.74 bits per heavy atom. The number of nitrogens with zero attached hydrogens (tertiary/aromatic N) is 3. The van der Waals surface area contributed by atoms with E-state index < -0.39 is 0 Å². The molecule has 2 aromatic carbocycles. The van der Waals surface area contributed by atoms with Crippen molar-refractivity contribution < 1.29 is 0 Å². The van der Waals surface area contributed by atoms with E-state index in [1.165, 1.54) is 86.6 Å². The number of rotatable bonds is 7. The molecule has 2 aliphatic rings. The highest BCUT2D eigenvalue weighted by molar-refractivity contribution is 6.93. The molecule has 2 saturated carbocycles. The molecule has 0 spiro atoms. The fourth-order valence-corrected chi connectivity index (χ4v) is 7.38. The summed E-state index contributed by atoms with van der Waals surface area (Å²) in [5, 5.41) is 3.82. The summed E-state index contributed by atoms with van der Waals surface area (Å²) in [5.41, 5.74) is 7.42. The van der Waals surface area contributed by atoms with Gasteiger partial charge in [0.25, 0.3) is 0 Å². The number of para-hydroxylation sites is 1. The SMILES string of the molecule is Cc1cccc(C)c1N=C(B(C1CCCCC1)C1CCCCC1)N(C(=NC(C)C)Nc1ccc(C(C)(C)C)cc1)C(C)C. The second-order valence-corrected chi connectivity index (χ2v) is 15.0. The highest BCUT2D eigenvalue weighted by atomic mass is 15.3. The molecule has 0 amide bonds. The smallest absolute Gasteiger partial charge is 0.229 e. The monoisotopic (exact) mass is 582 g/mol. The average molecular weight is 583 g/mol. The minimum absolute atomic E-state index is 0.121. The predicted octanol–water partition coefficient (Wildman–Crippen LogP) is 10.9. The molecule has 0 aromatic heterocycles. The molecular formula is C38H59BN4. The van der Waals surface area contributed by atoms with Crippen molar-refractivity contribution in [1.82, 2.24) is 4.90 Å². The van der Waals surface area contributed by atoms with Crippen molar-refractivity contribution in [2.45, 2.75) is 156 Å². The number of benzene rings is 2. The van der Waals surface area contributed by atoms with Gasteiger partial charge >= 0.3 is 0 Å². The van der Waals surface area contributed by atoms with Crippen LogP contribution in [-0.2, 0) is 5.41 Å².